The fourth-order valence-corrected chi connectivity index (χ4v) is 1.40. The maximum Gasteiger partial charge on any atom is 0.102 e. The zero-order valence-electron chi connectivity index (χ0n) is 9.21. The fraction of sp³-hybridized carbons (Fsp3) is 1.00. The van der Waals surface area contributed by atoms with Crippen LogP contribution in [0.5, 0.6) is 0 Å². The lowest BCUT2D eigenvalue weighted by atomic mass is 10.3. The molecule has 0 aromatic heterocycles. The van der Waals surface area contributed by atoms with Crippen LogP contribution in [0.1, 0.15) is 33.6 Å². The third-order valence-electron chi connectivity index (χ3n) is 1.95. The molecular formula is C10H24N2O. The summed E-state index contributed by atoms with van der Waals surface area (Å²) in [5.74, 6) is 0. The first-order valence-electron chi connectivity index (χ1n) is 5.34. The van der Waals surface area contributed by atoms with Crippen molar-refractivity contribution < 1.29 is 5.11 Å². The molecule has 0 aliphatic rings. The van der Waals surface area contributed by atoms with Crippen LogP contribution in [0.15, 0.2) is 0 Å². The van der Waals surface area contributed by atoms with Crippen LogP contribution in [0.3, 0.4) is 0 Å². The van der Waals surface area contributed by atoms with Gasteiger partial charge in [0, 0.05) is 13.1 Å². The van der Waals surface area contributed by atoms with E-state index in [0.29, 0.717) is 0 Å². The summed E-state index contributed by atoms with van der Waals surface area (Å²) in [4.78, 5) is 2.43. The number of hydrogen-bond acceptors (Lipinski definition) is 3. The second-order valence-electron chi connectivity index (χ2n) is 3.47. The largest absolute Gasteiger partial charge is 0.379 e. The summed E-state index contributed by atoms with van der Waals surface area (Å²) in [6.07, 6.45) is 2.02. The smallest absolute Gasteiger partial charge is 0.102 e. The average Bonchev–Trinajstić information content (AvgIpc) is 2.04. The first-order chi connectivity index (χ1) is 6.20. The molecule has 80 valence electrons. The van der Waals surface area contributed by atoms with Gasteiger partial charge in [-0.15, -0.1) is 0 Å². The lowest BCUT2D eigenvalue weighted by Gasteiger charge is -2.21. The molecule has 1 unspecified atom stereocenters. The Balaban J connectivity index is 3.44. The second kappa shape index (κ2) is 8.48. The van der Waals surface area contributed by atoms with E-state index < -0.39 is 0 Å². The molecule has 0 aliphatic carbocycles. The normalized spacial score (nSPS) is 13.6. The molecule has 3 heteroatoms. The van der Waals surface area contributed by atoms with Gasteiger partial charge in [0.15, 0.2) is 0 Å². The van der Waals surface area contributed by atoms with Crippen molar-refractivity contribution in [2.24, 2.45) is 0 Å². The van der Waals surface area contributed by atoms with E-state index in [9.17, 15) is 0 Å². The van der Waals surface area contributed by atoms with Gasteiger partial charge in [0.2, 0.25) is 0 Å². The molecule has 0 aromatic rings. The summed E-state index contributed by atoms with van der Waals surface area (Å²) in [5.41, 5.74) is 0. The Morgan fingerprint density at radius 1 is 1.15 bits per heavy atom. The molecule has 0 bridgehead atoms. The highest BCUT2D eigenvalue weighted by Gasteiger charge is 2.01. The molecule has 0 radical (unpaired) electrons. The van der Waals surface area contributed by atoms with Gasteiger partial charge in [0.05, 0.1) is 0 Å². The van der Waals surface area contributed by atoms with Crippen molar-refractivity contribution >= 4 is 0 Å². The fourth-order valence-electron chi connectivity index (χ4n) is 1.40. The van der Waals surface area contributed by atoms with E-state index in [1.165, 1.54) is 12.8 Å². The molecule has 2 N–H and O–H groups in total. The van der Waals surface area contributed by atoms with Gasteiger partial charge in [-0.05, 0) is 32.9 Å². The lowest BCUT2D eigenvalue weighted by molar-refractivity contribution is 0.148. The maximum atomic E-state index is 9.00. The van der Waals surface area contributed by atoms with Gasteiger partial charge in [-0.1, -0.05) is 13.8 Å². The van der Waals surface area contributed by atoms with E-state index >= 15 is 0 Å². The topological polar surface area (TPSA) is 35.5 Å². The van der Waals surface area contributed by atoms with Gasteiger partial charge in [-0.3, -0.25) is 5.32 Å². The van der Waals surface area contributed by atoms with Crippen molar-refractivity contribution in [2.75, 3.05) is 26.2 Å². The van der Waals surface area contributed by atoms with Gasteiger partial charge in [-0.2, -0.15) is 0 Å². The van der Waals surface area contributed by atoms with Gasteiger partial charge in [0.1, 0.15) is 6.23 Å². The van der Waals surface area contributed by atoms with E-state index in [4.69, 9.17) is 5.11 Å². The Labute approximate surface area is 82.1 Å². The van der Waals surface area contributed by atoms with Gasteiger partial charge < -0.3 is 10.0 Å². The molecule has 0 aromatic carbocycles. The first kappa shape index (κ1) is 12.9. The Morgan fingerprint density at radius 3 is 2.08 bits per heavy atom. The third kappa shape index (κ3) is 8.22. The van der Waals surface area contributed by atoms with Crippen LogP contribution in [0.4, 0.5) is 0 Å². The Kier molecular flexibility index (Phi) is 8.40. The average molecular weight is 188 g/mol. The zero-order valence-corrected chi connectivity index (χ0v) is 9.21. The van der Waals surface area contributed by atoms with Crippen LogP contribution in [0.2, 0.25) is 0 Å². The van der Waals surface area contributed by atoms with Crippen LogP contribution in [0.25, 0.3) is 0 Å². The van der Waals surface area contributed by atoms with Crippen LogP contribution in [-0.2, 0) is 0 Å². The third-order valence-corrected chi connectivity index (χ3v) is 1.95. The monoisotopic (exact) mass is 188 g/mol. The van der Waals surface area contributed by atoms with Gasteiger partial charge in [-0.25, -0.2) is 0 Å². The van der Waals surface area contributed by atoms with E-state index in [1.54, 1.807) is 6.92 Å². The van der Waals surface area contributed by atoms with Gasteiger partial charge >= 0.3 is 0 Å². The number of rotatable bonds is 8. The van der Waals surface area contributed by atoms with Crippen molar-refractivity contribution in [3.63, 3.8) is 0 Å². The van der Waals surface area contributed by atoms with Crippen molar-refractivity contribution in [2.45, 2.75) is 39.8 Å². The highest BCUT2D eigenvalue weighted by molar-refractivity contribution is 4.58. The van der Waals surface area contributed by atoms with E-state index in [2.05, 4.69) is 24.1 Å². The van der Waals surface area contributed by atoms with Crippen LogP contribution in [0, 0.1) is 0 Å². The summed E-state index contributed by atoms with van der Waals surface area (Å²) in [6, 6.07) is 0. The van der Waals surface area contributed by atoms with Crippen molar-refractivity contribution in [3.05, 3.63) is 0 Å². The number of hydrogen-bond donors (Lipinski definition) is 2. The molecule has 1 atom stereocenters. The minimum Gasteiger partial charge on any atom is -0.379 e. The molecule has 13 heavy (non-hydrogen) atoms. The molecule has 0 saturated carbocycles. The number of nitrogens with zero attached hydrogens (tertiary/aromatic N) is 1. The molecule has 0 rings (SSSR count). The summed E-state index contributed by atoms with van der Waals surface area (Å²) in [5, 5.41) is 12.0. The van der Waals surface area contributed by atoms with Crippen LogP contribution < -0.4 is 5.32 Å². The summed E-state index contributed by atoms with van der Waals surface area (Å²) < 4.78 is 0. The molecule has 3 nitrogen and oxygen atoms in total. The van der Waals surface area contributed by atoms with Crippen LogP contribution in [-0.4, -0.2) is 42.4 Å². The Bertz CT molecular complexity index is 101. The highest BCUT2D eigenvalue weighted by atomic mass is 16.3. The van der Waals surface area contributed by atoms with Crippen molar-refractivity contribution in [3.8, 4) is 0 Å². The maximum absolute atomic E-state index is 9.00. The quantitative estimate of drug-likeness (QED) is 0.559. The predicted octanol–water partition coefficient (Wildman–Crippen LogP) is 1.04. The Morgan fingerprint density at radius 2 is 1.69 bits per heavy atom. The molecule has 0 amide bonds. The molecule has 0 heterocycles. The number of aliphatic hydroxyl groups excluding tert-OH is 1. The Hall–Kier alpha value is -0.120. The molecule has 0 fully saturated rings. The highest BCUT2D eigenvalue weighted by Crippen LogP contribution is 1.92. The minimum atomic E-state index is -0.384. The number of aliphatic hydroxyl groups is 1. The molecular weight excluding hydrogens is 164 g/mol. The van der Waals surface area contributed by atoms with Gasteiger partial charge in [0.25, 0.3) is 0 Å². The first-order valence-corrected chi connectivity index (χ1v) is 5.34. The number of nitrogens with one attached hydrogen (secondary N) is 1. The molecule has 0 saturated heterocycles. The minimum absolute atomic E-state index is 0.384. The van der Waals surface area contributed by atoms with Crippen LogP contribution >= 0.6 is 0 Å². The molecule has 0 spiro atoms. The zero-order chi connectivity index (χ0) is 10.1. The standard InChI is InChI=1S/C10H24N2O/c1-4-7-12(8-5-2)9-6-11-10(3)13/h10-11,13H,4-9H2,1-3H3. The van der Waals surface area contributed by atoms with Crippen molar-refractivity contribution in [1.29, 1.82) is 0 Å². The van der Waals surface area contributed by atoms with E-state index in [0.717, 1.165) is 26.2 Å². The predicted molar refractivity (Wildman–Crippen MR) is 56.7 cm³/mol. The second-order valence-corrected chi connectivity index (χ2v) is 3.47. The summed E-state index contributed by atoms with van der Waals surface area (Å²) in [7, 11) is 0. The van der Waals surface area contributed by atoms with E-state index in [-0.39, 0.29) is 6.23 Å². The van der Waals surface area contributed by atoms with Crippen molar-refractivity contribution in [1.82, 2.24) is 10.2 Å². The SMILES string of the molecule is CCCN(CCC)CCNC(C)O. The van der Waals surface area contributed by atoms with E-state index in [1.807, 2.05) is 0 Å². The lowest BCUT2D eigenvalue weighted by Crippen LogP contribution is -2.36. The summed E-state index contributed by atoms with van der Waals surface area (Å²) in [6.45, 7) is 10.4. The molecule has 0 aliphatic heterocycles. The summed E-state index contributed by atoms with van der Waals surface area (Å²) >= 11 is 0.